The van der Waals surface area contributed by atoms with Crippen molar-refractivity contribution in [2.45, 2.75) is 44.6 Å². The van der Waals surface area contributed by atoms with Crippen molar-refractivity contribution < 1.29 is 19.0 Å². The van der Waals surface area contributed by atoms with Crippen molar-refractivity contribution in [1.29, 1.82) is 0 Å². The molecule has 3 aliphatic heterocycles. The lowest BCUT2D eigenvalue weighted by atomic mass is 9.77. The maximum Gasteiger partial charge on any atom is 0.229 e. The number of ether oxygens (including phenoxy) is 3. The maximum atomic E-state index is 13.2. The molecule has 29 heavy (non-hydrogen) atoms. The van der Waals surface area contributed by atoms with Gasteiger partial charge >= 0.3 is 0 Å². The van der Waals surface area contributed by atoms with E-state index in [1.54, 1.807) is 14.2 Å². The highest BCUT2D eigenvalue weighted by Gasteiger charge is 2.45. The van der Waals surface area contributed by atoms with Gasteiger partial charge in [-0.1, -0.05) is 0 Å². The molecule has 1 aromatic carbocycles. The zero-order valence-electron chi connectivity index (χ0n) is 17.7. The number of piperidine rings is 2. The fraction of sp³-hybridized carbons (Fsp3) is 0.682. The summed E-state index contributed by atoms with van der Waals surface area (Å²) in [5.74, 6) is 1.80. The van der Waals surface area contributed by atoms with Crippen LogP contribution in [0.1, 0.15) is 43.7 Å². The van der Waals surface area contributed by atoms with Crippen molar-refractivity contribution in [2.24, 2.45) is 5.41 Å². The summed E-state index contributed by atoms with van der Waals surface area (Å²) in [6.45, 7) is 6.09. The number of amides is 1. The van der Waals surface area contributed by atoms with Gasteiger partial charge in [0.1, 0.15) is 0 Å². The molecule has 1 atom stereocenters. The summed E-state index contributed by atoms with van der Waals surface area (Å²) in [5.41, 5.74) is 1.88. The third-order valence-electron chi connectivity index (χ3n) is 6.82. The number of fused-ring (bicyclic) bond motifs is 2. The fourth-order valence-corrected chi connectivity index (χ4v) is 5.09. The first kappa shape index (κ1) is 22.2. The number of nitrogens with one attached hydrogen (secondary N) is 1. The number of carbonyl (C=O) groups is 1. The molecule has 1 amide bonds. The molecule has 3 heterocycles. The predicted molar refractivity (Wildman–Crippen MR) is 114 cm³/mol. The van der Waals surface area contributed by atoms with Gasteiger partial charge in [0.2, 0.25) is 5.91 Å². The zero-order valence-corrected chi connectivity index (χ0v) is 18.5. The van der Waals surface area contributed by atoms with E-state index in [0.29, 0.717) is 6.61 Å². The predicted octanol–water partition coefficient (Wildman–Crippen LogP) is 2.91. The molecule has 0 radical (unpaired) electrons. The summed E-state index contributed by atoms with van der Waals surface area (Å²) in [7, 11) is 3.34. The van der Waals surface area contributed by atoms with E-state index in [1.807, 2.05) is 0 Å². The number of hydrogen-bond donors (Lipinski definition) is 1. The minimum Gasteiger partial charge on any atom is -0.493 e. The van der Waals surface area contributed by atoms with Crippen LogP contribution < -0.4 is 14.8 Å². The Hall–Kier alpha value is -1.50. The number of hydrogen-bond acceptors (Lipinski definition) is 5. The van der Waals surface area contributed by atoms with Crippen LogP contribution in [0, 0.1) is 5.41 Å². The summed E-state index contributed by atoms with van der Waals surface area (Å²) >= 11 is 0. The Labute approximate surface area is 179 Å². The number of benzene rings is 1. The molecule has 0 bridgehead atoms. The monoisotopic (exact) mass is 424 g/mol. The molecule has 0 aliphatic carbocycles. The third kappa shape index (κ3) is 3.94. The van der Waals surface area contributed by atoms with E-state index in [-0.39, 0.29) is 29.3 Å². The molecule has 3 aliphatic rings. The molecule has 0 saturated carbocycles. The van der Waals surface area contributed by atoms with Crippen molar-refractivity contribution in [3.05, 3.63) is 23.3 Å². The van der Waals surface area contributed by atoms with Crippen molar-refractivity contribution in [3.8, 4) is 11.5 Å². The number of nitrogens with zero attached hydrogens (tertiary/aromatic N) is 1. The molecule has 7 heteroatoms. The first-order chi connectivity index (χ1) is 13.5. The molecular weight excluding hydrogens is 392 g/mol. The van der Waals surface area contributed by atoms with Gasteiger partial charge in [-0.25, -0.2) is 0 Å². The van der Waals surface area contributed by atoms with Crippen LogP contribution in [-0.4, -0.2) is 57.8 Å². The van der Waals surface area contributed by atoms with E-state index in [2.05, 4.69) is 29.3 Å². The first-order valence-electron chi connectivity index (χ1n) is 10.4. The van der Waals surface area contributed by atoms with Crippen molar-refractivity contribution in [2.75, 3.05) is 47.0 Å². The Kier molecular flexibility index (Phi) is 6.66. The second-order valence-electron chi connectivity index (χ2n) is 8.59. The topological polar surface area (TPSA) is 60.0 Å². The molecule has 4 rings (SSSR count). The smallest absolute Gasteiger partial charge is 0.229 e. The van der Waals surface area contributed by atoms with Crippen LogP contribution in [0.25, 0.3) is 0 Å². The molecule has 162 valence electrons. The van der Waals surface area contributed by atoms with Crippen LogP contribution in [0.3, 0.4) is 0 Å². The van der Waals surface area contributed by atoms with Crippen LogP contribution in [0.5, 0.6) is 11.5 Å². The third-order valence-corrected chi connectivity index (χ3v) is 6.82. The maximum absolute atomic E-state index is 13.2. The van der Waals surface area contributed by atoms with E-state index >= 15 is 0 Å². The first-order valence-corrected chi connectivity index (χ1v) is 10.4. The van der Waals surface area contributed by atoms with Crippen LogP contribution in [0.4, 0.5) is 0 Å². The summed E-state index contributed by atoms with van der Waals surface area (Å²) in [6.07, 6.45) is 4.56. The van der Waals surface area contributed by atoms with E-state index in [0.717, 1.165) is 69.8 Å². The Morgan fingerprint density at radius 1 is 1.14 bits per heavy atom. The summed E-state index contributed by atoms with van der Waals surface area (Å²) < 4.78 is 17.4. The van der Waals surface area contributed by atoms with Crippen LogP contribution >= 0.6 is 12.4 Å². The van der Waals surface area contributed by atoms with Gasteiger partial charge in [0.25, 0.3) is 0 Å². The van der Waals surface area contributed by atoms with Gasteiger partial charge < -0.3 is 24.4 Å². The lowest BCUT2D eigenvalue weighted by Crippen LogP contribution is -2.54. The van der Waals surface area contributed by atoms with Gasteiger partial charge in [0, 0.05) is 19.6 Å². The molecule has 1 N–H and O–H groups in total. The standard InChI is InChI=1S/C22H32N2O4.ClH/c1-21(6-4-9-23-15-21)20(25)24-10-7-22(8-11-24)17-14-19(27-3)18(26-2)13-16(17)5-12-28-22;/h13-14,23H,4-12,15H2,1-3H3;1H. The van der Waals surface area contributed by atoms with Crippen molar-refractivity contribution in [1.82, 2.24) is 10.2 Å². The number of likely N-dealkylation sites (tertiary alicyclic amines) is 1. The van der Waals surface area contributed by atoms with Gasteiger partial charge in [0.05, 0.1) is 31.8 Å². The molecule has 0 aromatic heterocycles. The second-order valence-corrected chi connectivity index (χ2v) is 8.59. The van der Waals surface area contributed by atoms with E-state index in [9.17, 15) is 4.79 Å². The normalized spacial score (nSPS) is 25.7. The highest BCUT2D eigenvalue weighted by molar-refractivity contribution is 5.85. The van der Waals surface area contributed by atoms with Gasteiger partial charge in [-0.05, 0) is 68.8 Å². The number of rotatable bonds is 3. The average Bonchev–Trinajstić information content (AvgIpc) is 2.74. The fourth-order valence-electron chi connectivity index (χ4n) is 5.09. The highest BCUT2D eigenvalue weighted by Crippen LogP contribution is 2.45. The number of carbonyl (C=O) groups excluding carboxylic acids is 1. The lowest BCUT2D eigenvalue weighted by Gasteiger charge is -2.47. The largest absolute Gasteiger partial charge is 0.493 e. The number of methoxy groups -OCH3 is 2. The number of halogens is 1. The molecule has 2 fully saturated rings. The van der Waals surface area contributed by atoms with Crippen LogP contribution in [0.2, 0.25) is 0 Å². The van der Waals surface area contributed by atoms with Gasteiger partial charge in [0.15, 0.2) is 11.5 Å². The second kappa shape index (κ2) is 8.70. The summed E-state index contributed by atoms with van der Waals surface area (Å²) in [5, 5.41) is 3.39. The van der Waals surface area contributed by atoms with Crippen LogP contribution in [-0.2, 0) is 21.6 Å². The zero-order chi connectivity index (χ0) is 19.8. The Balaban J connectivity index is 0.00000240. The molecule has 2 saturated heterocycles. The Morgan fingerprint density at radius 2 is 1.83 bits per heavy atom. The van der Waals surface area contributed by atoms with Crippen molar-refractivity contribution in [3.63, 3.8) is 0 Å². The molecular formula is C22H33ClN2O4. The van der Waals surface area contributed by atoms with Gasteiger partial charge in [-0.3, -0.25) is 4.79 Å². The summed E-state index contributed by atoms with van der Waals surface area (Å²) in [6, 6.07) is 4.17. The Bertz CT molecular complexity index is 741. The molecule has 1 aromatic rings. The van der Waals surface area contributed by atoms with Crippen molar-refractivity contribution >= 4 is 18.3 Å². The van der Waals surface area contributed by atoms with Gasteiger partial charge in [-0.2, -0.15) is 0 Å². The van der Waals surface area contributed by atoms with E-state index < -0.39 is 0 Å². The molecule has 1 spiro atoms. The Morgan fingerprint density at radius 3 is 2.45 bits per heavy atom. The molecule has 1 unspecified atom stereocenters. The average molecular weight is 425 g/mol. The highest BCUT2D eigenvalue weighted by atomic mass is 35.5. The van der Waals surface area contributed by atoms with Crippen LogP contribution in [0.15, 0.2) is 12.1 Å². The van der Waals surface area contributed by atoms with E-state index in [1.165, 1.54) is 11.1 Å². The summed E-state index contributed by atoms with van der Waals surface area (Å²) in [4.78, 5) is 15.2. The molecule has 6 nitrogen and oxygen atoms in total. The quantitative estimate of drug-likeness (QED) is 0.808. The minimum atomic E-state index is -0.324. The van der Waals surface area contributed by atoms with Gasteiger partial charge in [-0.15, -0.1) is 12.4 Å². The lowest BCUT2D eigenvalue weighted by molar-refractivity contribution is -0.151. The SMILES string of the molecule is COc1cc2c(cc1OC)C1(CCN(C(=O)C3(C)CCCNC3)CC1)OCC2.Cl. The minimum absolute atomic E-state index is 0. The van der Waals surface area contributed by atoms with E-state index in [4.69, 9.17) is 14.2 Å².